The number of rotatable bonds is 11. The van der Waals surface area contributed by atoms with Crippen molar-refractivity contribution in [3.05, 3.63) is 41.8 Å². The van der Waals surface area contributed by atoms with Crippen molar-refractivity contribution in [1.82, 2.24) is 20.3 Å². The number of carbonyl (C=O) groups excluding carboxylic acids is 1. The summed E-state index contributed by atoms with van der Waals surface area (Å²) in [6, 6.07) is 3.91. The molecule has 1 saturated heterocycles. The summed E-state index contributed by atoms with van der Waals surface area (Å²) in [6.45, 7) is 12.0. The van der Waals surface area contributed by atoms with Crippen LogP contribution in [0.25, 0.3) is 0 Å². The zero-order chi connectivity index (χ0) is 28.0. The molecule has 0 spiro atoms. The number of amides is 1. The summed E-state index contributed by atoms with van der Waals surface area (Å²) in [5.41, 5.74) is 7.98. The van der Waals surface area contributed by atoms with Crippen LogP contribution in [0.3, 0.4) is 0 Å². The van der Waals surface area contributed by atoms with Crippen LogP contribution in [-0.4, -0.2) is 101 Å². The first-order valence-electron chi connectivity index (χ1n) is 13.2. The molecule has 13 heteroatoms. The molecule has 4 rings (SSSR count). The molecule has 0 radical (unpaired) electrons. The highest BCUT2D eigenvalue weighted by Crippen LogP contribution is 2.39. The fraction of sp³-hybridized carbons (Fsp3) is 0.577. The van der Waals surface area contributed by atoms with Gasteiger partial charge in [-0.15, -0.1) is 0 Å². The summed E-state index contributed by atoms with van der Waals surface area (Å²) < 4.78 is 28.9. The summed E-state index contributed by atoms with van der Waals surface area (Å²) in [7, 11) is 1.42. The molecular weight excluding hydrogens is 520 g/mol. The van der Waals surface area contributed by atoms with Crippen LogP contribution >= 0.6 is 0 Å². The Bertz CT molecular complexity index is 1130. The van der Waals surface area contributed by atoms with E-state index in [9.17, 15) is 4.79 Å². The number of aromatic nitrogens is 1. The van der Waals surface area contributed by atoms with Crippen LogP contribution in [0.15, 0.2) is 46.8 Å². The summed E-state index contributed by atoms with van der Waals surface area (Å²) in [6.07, 6.45) is 4.41. The summed E-state index contributed by atoms with van der Waals surface area (Å²) in [5, 5.41) is 2.93. The Morgan fingerprint density at radius 1 is 1.23 bits per heavy atom. The van der Waals surface area contributed by atoms with Gasteiger partial charge in [-0.05, 0) is 19.0 Å². The number of nitrogens with zero attached hydrogens (tertiary/aromatic N) is 4. The minimum absolute atomic E-state index is 0.112. The molecule has 12 nitrogen and oxygen atoms in total. The number of hydrogen-bond acceptors (Lipinski definition) is 11. The number of primary amides is 1. The third-order valence-electron chi connectivity index (χ3n) is 6.91. The van der Waals surface area contributed by atoms with Gasteiger partial charge in [0.2, 0.25) is 23.3 Å². The molecule has 1 atom stereocenters. The van der Waals surface area contributed by atoms with Crippen molar-refractivity contribution in [2.75, 3.05) is 60.3 Å². The van der Waals surface area contributed by atoms with E-state index in [1.807, 2.05) is 12.1 Å². The summed E-state index contributed by atoms with van der Waals surface area (Å²) in [5.74, 6) is 0.355. The van der Waals surface area contributed by atoms with Gasteiger partial charge in [0.15, 0.2) is 0 Å². The van der Waals surface area contributed by atoms with Gasteiger partial charge in [-0.3, -0.25) is 14.7 Å². The lowest BCUT2D eigenvalue weighted by molar-refractivity contribution is -0.135. The van der Waals surface area contributed by atoms with Gasteiger partial charge in [-0.2, -0.15) is 0 Å². The maximum atomic E-state index is 13.0. The van der Waals surface area contributed by atoms with E-state index in [2.05, 4.69) is 39.9 Å². The highest BCUT2D eigenvalue weighted by Gasteiger charge is 2.53. The van der Waals surface area contributed by atoms with E-state index in [1.165, 1.54) is 19.4 Å². The highest BCUT2D eigenvalue weighted by molar-refractivity contribution is 6.88. The van der Waals surface area contributed by atoms with E-state index in [1.54, 1.807) is 17.3 Å². The van der Waals surface area contributed by atoms with E-state index in [-0.39, 0.29) is 24.9 Å². The first-order valence-corrected chi connectivity index (χ1v) is 16.7. The van der Waals surface area contributed by atoms with Crippen LogP contribution in [0.5, 0.6) is 5.88 Å². The van der Waals surface area contributed by atoms with Crippen LogP contribution in [-0.2, 0) is 23.7 Å². The summed E-state index contributed by atoms with van der Waals surface area (Å²) in [4.78, 5) is 24.2. The molecule has 0 aromatic carbocycles. The largest absolute Gasteiger partial charge is 0.481 e. The zero-order valence-electron chi connectivity index (χ0n) is 23.5. The second-order valence-corrected chi connectivity index (χ2v) is 15.7. The maximum Gasteiger partial charge on any atom is 0.283 e. The number of morpholine rings is 1. The van der Waals surface area contributed by atoms with E-state index < -0.39 is 19.6 Å². The van der Waals surface area contributed by atoms with Crippen LogP contribution in [0, 0.1) is 0 Å². The number of hydrazine groups is 1. The van der Waals surface area contributed by atoms with E-state index in [4.69, 9.17) is 29.4 Å². The van der Waals surface area contributed by atoms with Gasteiger partial charge in [0.05, 0.1) is 35.5 Å². The monoisotopic (exact) mass is 560 g/mol. The quantitative estimate of drug-likeness (QED) is 0.297. The number of nitrogens with two attached hydrogens (primary N) is 1. The van der Waals surface area contributed by atoms with E-state index in [0.717, 1.165) is 39.3 Å². The fourth-order valence-corrected chi connectivity index (χ4v) is 5.83. The van der Waals surface area contributed by atoms with Crippen molar-refractivity contribution in [3.8, 4) is 5.88 Å². The van der Waals surface area contributed by atoms with Crippen molar-refractivity contribution in [2.45, 2.75) is 38.1 Å². The van der Waals surface area contributed by atoms with Crippen molar-refractivity contribution in [3.63, 3.8) is 0 Å². The van der Waals surface area contributed by atoms with Gasteiger partial charge in [0.25, 0.3) is 11.9 Å². The Balaban J connectivity index is 1.52. The topological polar surface area (TPSA) is 133 Å². The molecule has 3 aliphatic heterocycles. The third-order valence-corrected chi connectivity index (χ3v) is 8.95. The Morgan fingerprint density at radius 2 is 2.00 bits per heavy atom. The lowest BCUT2D eigenvalue weighted by Crippen LogP contribution is -2.53. The number of nitrogens with one attached hydrogen (secondary N) is 1. The molecule has 0 bridgehead atoms. The van der Waals surface area contributed by atoms with Crippen molar-refractivity contribution < 1.29 is 28.5 Å². The SMILES string of the molecule is COC1=NCN(NCCCN2CCOCC2)C(OC)=C1C1(C(N)=O)CC=C(Oc2cc([Si](C)(C)C)ccn2)O1. The highest BCUT2D eigenvalue weighted by atomic mass is 28.3. The predicted molar refractivity (Wildman–Crippen MR) is 149 cm³/mol. The Morgan fingerprint density at radius 3 is 2.67 bits per heavy atom. The molecule has 4 heterocycles. The predicted octanol–water partition coefficient (Wildman–Crippen LogP) is 0.894. The molecule has 1 fully saturated rings. The number of hydrogen-bond donors (Lipinski definition) is 2. The van der Waals surface area contributed by atoms with Gasteiger partial charge in [-0.1, -0.05) is 24.8 Å². The number of methoxy groups -OCH3 is 2. The smallest absolute Gasteiger partial charge is 0.283 e. The second kappa shape index (κ2) is 12.4. The van der Waals surface area contributed by atoms with Gasteiger partial charge in [0, 0.05) is 44.4 Å². The normalized spacial score (nSPS) is 22.2. The first-order chi connectivity index (χ1) is 18.7. The van der Waals surface area contributed by atoms with E-state index >= 15 is 0 Å². The zero-order valence-corrected chi connectivity index (χ0v) is 24.5. The minimum Gasteiger partial charge on any atom is -0.481 e. The molecule has 214 valence electrons. The van der Waals surface area contributed by atoms with Crippen LogP contribution < -0.4 is 21.1 Å². The average molecular weight is 561 g/mol. The maximum absolute atomic E-state index is 13.0. The standard InChI is InChI=1S/C26H40N6O6Si/c1-34-23-22(24(35-2)32(18-29-23)30-10-6-12-31-13-15-36-16-14-31)26(25(27)33)9-7-21(38-26)37-20-17-19(8-11-28-20)39(3,4)5/h7-8,11,17,30H,6,9-10,12-16,18H2,1-5H3,(H2,27,33). The molecule has 39 heavy (non-hydrogen) atoms. The molecule has 3 N–H and O–H groups in total. The number of pyridine rings is 1. The molecular formula is C26H40N6O6Si. The van der Waals surface area contributed by atoms with Crippen molar-refractivity contribution >= 4 is 25.1 Å². The molecule has 1 amide bonds. The molecule has 3 aliphatic rings. The lowest BCUT2D eigenvalue weighted by atomic mass is 9.89. The first kappa shape index (κ1) is 28.9. The number of ether oxygens (including phenoxy) is 5. The third kappa shape index (κ3) is 6.54. The van der Waals surface area contributed by atoms with Crippen LogP contribution in [0.2, 0.25) is 19.6 Å². The minimum atomic E-state index is -1.64. The van der Waals surface area contributed by atoms with Crippen molar-refractivity contribution in [1.29, 1.82) is 0 Å². The summed E-state index contributed by atoms with van der Waals surface area (Å²) >= 11 is 0. The second-order valence-electron chi connectivity index (χ2n) is 10.6. The van der Waals surface area contributed by atoms with Crippen molar-refractivity contribution in [2.24, 2.45) is 10.7 Å². The lowest BCUT2D eigenvalue weighted by Gasteiger charge is -2.36. The molecule has 0 saturated carbocycles. The van der Waals surface area contributed by atoms with Crippen LogP contribution in [0.1, 0.15) is 12.8 Å². The van der Waals surface area contributed by atoms with E-state index in [0.29, 0.717) is 23.9 Å². The number of carbonyl (C=O) groups is 1. The molecule has 1 aromatic heterocycles. The van der Waals surface area contributed by atoms with Gasteiger partial charge >= 0.3 is 0 Å². The number of aliphatic imine (C=N–C) groups is 1. The average Bonchev–Trinajstić information content (AvgIpc) is 3.35. The van der Waals surface area contributed by atoms with Gasteiger partial charge in [-0.25, -0.2) is 15.4 Å². The molecule has 1 unspecified atom stereocenters. The molecule has 1 aromatic rings. The fourth-order valence-electron chi connectivity index (χ4n) is 4.70. The Labute approximate surface area is 230 Å². The Hall–Kier alpha value is -3.13. The Kier molecular flexibility index (Phi) is 9.15. The van der Waals surface area contributed by atoms with Crippen LogP contribution in [0.4, 0.5) is 0 Å². The van der Waals surface area contributed by atoms with Gasteiger partial charge in [0.1, 0.15) is 12.2 Å². The molecule has 0 aliphatic carbocycles. The van der Waals surface area contributed by atoms with Gasteiger partial charge < -0.3 is 29.4 Å².